The number of hydrogen-bond acceptors (Lipinski definition) is 4. The zero-order chi connectivity index (χ0) is 18.1. The number of nitrogens with zero attached hydrogens (tertiary/aromatic N) is 2. The number of hydrogen-bond donors (Lipinski definition) is 2. The molecule has 0 radical (unpaired) electrons. The lowest BCUT2D eigenvalue weighted by Gasteiger charge is -2.20. The second-order valence-corrected chi connectivity index (χ2v) is 7.47. The Labute approximate surface area is 148 Å². The SMILES string of the molecule is CCc1c(C)cc(C(=O)N[C@H]2CN(CCO)C[C@@H]2C2CC2)c(=O)n1C. The molecular formula is C19H29N3O3. The van der Waals surface area contributed by atoms with Crippen molar-refractivity contribution in [3.05, 3.63) is 33.2 Å². The summed E-state index contributed by atoms with van der Waals surface area (Å²) in [5.41, 5.74) is 1.94. The molecule has 0 spiro atoms. The van der Waals surface area contributed by atoms with Gasteiger partial charge >= 0.3 is 0 Å². The van der Waals surface area contributed by atoms with Crippen molar-refractivity contribution in [2.75, 3.05) is 26.2 Å². The highest BCUT2D eigenvalue weighted by Gasteiger charge is 2.43. The molecule has 0 aromatic carbocycles. The van der Waals surface area contributed by atoms with E-state index < -0.39 is 0 Å². The minimum Gasteiger partial charge on any atom is -0.395 e. The standard InChI is InChI=1S/C19H29N3O3/c1-4-17-12(2)9-14(19(25)21(17)3)18(24)20-16-11-22(7-8-23)10-15(16)13-5-6-13/h9,13,15-16,23H,4-8,10-11H2,1-3H3,(H,20,24)/t15-,16+/m1/s1. The van der Waals surface area contributed by atoms with Crippen molar-refractivity contribution < 1.29 is 9.90 Å². The second-order valence-electron chi connectivity index (χ2n) is 7.47. The van der Waals surface area contributed by atoms with E-state index in [1.165, 1.54) is 12.8 Å². The number of amides is 1. The van der Waals surface area contributed by atoms with Crippen molar-refractivity contribution >= 4 is 5.91 Å². The molecule has 2 N–H and O–H groups in total. The van der Waals surface area contributed by atoms with Crippen LogP contribution in [-0.4, -0.2) is 52.8 Å². The predicted molar refractivity (Wildman–Crippen MR) is 96.8 cm³/mol. The van der Waals surface area contributed by atoms with Crippen molar-refractivity contribution in [1.29, 1.82) is 0 Å². The Balaban J connectivity index is 1.78. The summed E-state index contributed by atoms with van der Waals surface area (Å²) in [4.78, 5) is 27.6. The van der Waals surface area contributed by atoms with E-state index in [1.54, 1.807) is 17.7 Å². The molecule has 25 heavy (non-hydrogen) atoms. The molecular weight excluding hydrogens is 318 g/mol. The number of carbonyl (C=O) groups excluding carboxylic acids is 1. The third kappa shape index (κ3) is 3.65. The number of aliphatic hydroxyl groups excluding tert-OH is 1. The largest absolute Gasteiger partial charge is 0.395 e. The molecule has 2 aliphatic rings. The maximum atomic E-state index is 12.8. The van der Waals surface area contributed by atoms with Crippen LogP contribution in [0.5, 0.6) is 0 Å². The molecule has 3 rings (SSSR count). The number of rotatable bonds is 6. The van der Waals surface area contributed by atoms with Gasteiger partial charge in [-0.05, 0) is 49.7 Å². The fraction of sp³-hybridized carbons (Fsp3) is 0.684. The van der Waals surface area contributed by atoms with Gasteiger partial charge < -0.3 is 15.0 Å². The molecule has 1 aromatic rings. The van der Waals surface area contributed by atoms with Gasteiger partial charge in [0.1, 0.15) is 5.56 Å². The molecule has 6 nitrogen and oxygen atoms in total. The zero-order valence-corrected chi connectivity index (χ0v) is 15.4. The minimum atomic E-state index is -0.271. The van der Waals surface area contributed by atoms with Crippen LogP contribution < -0.4 is 10.9 Å². The van der Waals surface area contributed by atoms with Crippen LogP contribution in [0.2, 0.25) is 0 Å². The highest BCUT2D eigenvalue weighted by molar-refractivity contribution is 5.94. The van der Waals surface area contributed by atoms with Crippen LogP contribution in [-0.2, 0) is 13.5 Å². The molecule has 2 heterocycles. The van der Waals surface area contributed by atoms with E-state index in [0.29, 0.717) is 18.4 Å². The lowest BCUT2D eigenvalue weighted by Crippen LogP contribution is -2.43. The molecule has 1 aromatic heterocycles. The van der Waals surface area contributed by atoms with E-state index in [-0.39, 0.29) is 29.7 Å². The quantitative estimate of drug-likeness (QED) is 0.794. The Bertz CT molecular complexity index is 709. The Morgan fingerprint density at radius 1 is 1.36 bits per heavy atom. The van der Waals surface area contributed by atoms with E-state index in [1.807, 2.05) is 13.8 Å². The maximum Gasteiger partial charge on any atom is 0.263 e. The Kier molecular flexibility index (Phi) is 5.29. The Hall–Kier alpha value is -1.66. The molecule has 1 aliphatic carbocycles. The summed E-state index contributed by atoms with van der Waals surface area (Å²) in [6.45, 7) is 6.40. The van der Waals surface area contributed by atoms with Crippen LogP contribution in [0.4, 0.5) is 0 Å². The monoisotopic (exact) mass is 347 g/mol. The summed E-state index contributed by atoms with van der Waals surface area (Å²) >= 11 is 0. The van der Waals surface area contributed by atoms with Gasteiger partial charge in [0.15, 0.2) is 0 Å². The third-order valence-corrected chi connectivity index (χ3v) is 5.74. The molecule has 1 amide bonds. The normalized spacial score (nSPS) is 23.8. The Morgan fingerprint density at radius 3 is 2.68 bits per heavy atom. The summed E-state index contributed by atoms with van der Waals surface area (Å²) in [5, 5.41) is 12.3. The molecule has 1 saturated carbocycles. The van der Waals surface area contributed by atoms with Crippen LogP contribution in [0.1, 0.15) is 41.4 Å². The second kappa shape index (κ2) is 7.30. The predicted octanol–water partition coefficient (Wildman–Crippen LogP) is 0.689. The fourth-order valence-corrected chi connectivity index (χ4v) is 4.25. The summed E-state index contributed by atoms with van der Waals surface area (Å²) < 4.78 is 1.59. The van der Waals surface area contributed by atoms with Gasteiger partial charge in [-0.15, -0.1) is 0 Å². The number of likely N-dealkylation sites (tertiary alicyclic amines) is 1. The van der Waals surface area contributed by atoms with Gasteiger partial charge in [-0.2, -0.15) is 0 Å². The van der Waals surface area contributed by atoms with Crippen molar-refractivity contribution in [1.82, 2.24) is 14.8 Å². The van der Waals surface area contributed by atoms with Crippen LogP contribution in [0, 0.1) is 18.8 Å². The summed E-state index contributed by atoms with van der Waals surface area (Å²) in [6, 6.07) is 1.78. The summed E-state index contributed by atoms with van der Waals surface area (Å²) in [7, 11) is 1.73. The highest BCUT2D eigenvalue weighted by Crippen LogP contribution is 2.41. The van der Waals surface area contributed by atoms with Crippen LogP contribution in [0.15, 0.2) is 10.9 Å². The average Bonchev–Trinajstić information content (AvgIpc) is 3.34. The van der Waals surface area contributed by atoms with Gasteiger partial charge in [-0.25, -0.2) is 0 Å². The number of carbonyl (C=O) groups is 1. The summed E-state index contributed by atoms with van der Waals surface area (Å²) in [6.07, 6.45) is 3.20. The fourth-order valence-electron chi connectivity index (χ4n) is 4.25. The zero-order valence-electron chi connectivity index (χ0n) is 15.4. The van der Waals surface area contributed by atoms with Crippen molar-refractivity contribution in [3.8, 4) is 0 Å². The molecule has 1 aliphatic heterocycles. The molecule has 1 saturated heterocycles. The van der Waals surface area contributed by atoms with Crippen molar-refractivity contribution in [2.45, 2.75) is 39.2 Å². The topological polar surface area (TPSA) is 74.6 Å². The van der Waals surface area contributed by atoms with Crippen LogP contribution >= 0.6 is 0 Å². The van der Waals surface area contributed by atoms with E-state index in [4.69, 9.17) is 0 Å². The lowest BCUT2D eigenvalue weighted by molar-refractivity contribution is 0.0925. The van der Waals surface area contributed by atoms with Crippen molar-refractivity contribution in [2.24, 2.45) is 18.9 Å². The highest BCUT2D eigenvalue weighted by atomic mass is 16.3. The van der Waals surface area contributed by atoms with E-state index in [0.717, 1.165) is 30.8 Å². The summed E-state index contributed by atoms with van der Waals surface area (Å²) in [5.74, 6) is 0.823. The number of nitrogens with one attached hydrogen (secondary N) is 1. The first-order valence-corrected chi connectivity index (χ1v) is 9.29. The molecule has 6 heteroatoms. The van der Waals surface area contributed by atoms with Gasteiger partial charge in [0, 0.05) is 38.4 Å². The molecule has 0 unspecified atom stereocenters. The Morgan fingerprint density at radius 2 is 2.08 bits per heavy atom. The van der Waals surface area contributed by atoms with Gasteiger partial charge in [0.25, 0.3) is 11.5 Å². The molecule has 2 atom stereocenters. The average molecular weight is 347 g/mol. The molecule has 0 bridgehead atoms. The lowest BCUT2D eigenvalue weighted by atomic mass is 9.97. The van der Waals surface area contributed by atoms with Gasteiger partial charge in [-0.1, -0.05) is 6.92 Å². The minimum absolute atomic E-state index is 0.0578. The van der Waals surface area contributed by atoms with Gasteiger partial charge in [0.05, 0.1) is 6.61 Å². The number of aliphatic hydroxyl groups is 1. The van der Waals surface area contributed by atoms with Crippen LogP contribution in [0.25, 0.3) is 0 Å². The van der Waals surface area contributed by atoms with Crippen LogP contribution in [0.3, 0.4) is 0 Å². The van der Waals surface area contributed by atoms with E-state index in [9.17, 15) is 14.7 Å². The van der Waals surface area contributed by atoms with Gasteiger partial charge in [-0.3, -0.25) is 14.5 Å². The first-order valence-electron chi connectivity index (χ1n) is 9.29. The number of β-amino-alcohol motifs (C(OH)–C–C–N with tert-alkyl or cyclic N) is 1. The number of pyridine rings is 1. The maximum absolute atomic E-state index is 12.8. The smallest absolute Gasteiger partial charge is 0.263 e. The first kappa shape index (κ1) is 18.1. The molecule has 138 valence electrons. The van der Waals surface area contributed by atoms with E-state index in [2.05, 4.69) is 10.2 Å². The molecule has 2 fully saturated rings. The van der Waals surface area contributed by atoms with Gasteiger partial charge in [0.2, 0.25) is 0 Å². The van der Waals surface area contributed by atoms with Crippen molar-refractivity contribution in [3.63, 3.8) is 0 Å². The van der Waals surface area contributed by atoms with E-state index >= 15 is 0 Å². The first-order chi connectivity index (χ1) is 12.0. The number of aromatic nitrogens is 1. The third-order valence-electron chi connectivity index (χ3n) is 5.74. The number of aryl methyl sites for hydroxylation is 1.